The van der Waals surface area contributed by atoms with E-state index in [0.29, 0.717) is 17.8 Å². The van der Waals surface area contributed by atoms with Gasteiger partial charge in [-0.3, -0.25) is 14.7 Å². The lowest BCUT2D eigenvalue weighted by atomic mass is 10.1. The summed E-state index contributed by atoms with van der Waals surface area (Å²) >= 11 is 0. The molecule has 5 nitrogen and oxygen atoms in total. The summed E-state index contributed by atoms with van der Waals surface area (Å²) in [5.74, 6) is 0. The third-order valence-electron chi connectivity index (χ3n) is 3.57. The largest absolute Gasteiger partial charge is 0.433 e. The van der Waals surface area contributed by atoms with E-state index in [1.807, 2.05) is 6.92 Å². The highest BCUT2D eigenvalue weighted by atomic mass is 32.2. The fourth-order valence-corrected chi connectivity index (χ4v) is 3.32. The predicted molar refractivity (Wildman–Crippen MR) is 86.5 cm³/mol. The Morgan fingerprint density at radius 2 is 1.80 bits per heavy atom. The summed E-state index contributed by atoms with van der Waals surface area (Å²) < 4.78 is 64.8. The first-order chi connectivity index (χ1) is 11.7. The number of fused-ring (bicyclic) bond motifs is 1. The second-order valence-electron chi connectivity index (χ2n) is 5.31. The maximum absolute atomic E-state index is 12.5. The van der Waals surface area contributed by atoms with Gasteiger partial charge in [0, 0.05) is 17.8 Å². The molecule has 0 aliphatic rings. The van der Waals surface area contributed by atoms with Crippen molar-refractivity contribution in [3.8, 4) is 0 Å². The maximum Gasteiger partial charge on any atom is 0.433 e. The molecule has 9 heteroatoms. The van der Waals surface area contributed by atoms with Gasteiger partial charge in [-0.2, -0.15) is 13.2 Å². The van der Waals surface area contributed by atoms with Crippen LogP contribution in [0.3, 0.4) is 0 Å². The van der Waals surface area contributed by atoms with Crippen LogP contribution in [0.4, 0.5) is 18.9 Å². The summed E-state index contributed by atoms with van der Waals surface area (Å²) in [5.41, 5.74) is 0.447. The summed E-state index contributed by atoms with van der Waals surface area (Å²) in [5, 5.41) is 0.772. The van der Waals surface area contributed by atoms with Crippen LogP contribution in [-0.2, 0) is 16.2 Å². The number of aromatic nitrogens is 2. The van der Waals surface area contributed by atoms with E-state index < -0.39 is 21.9 Å². The first kappa shape index (κ1) is 17.2. The second kappa shape index (κ2) is 5.99. The number of nitrogens with zero attached hydrogens (tertiary/aromatic N) is 2. The Hall–Kier alpha value is -2.68. The lowest BCUT2D eigenvalue weighted by Gasteiger charge is -2.11. The lowest BCUT2D eigenvalue weighted by Crippen LogP contribution is -2.15. The molecule has 25 heavy (non-hydrogen) atoms. The number of pyridine rings is 2. The third-order valence-corrected chi connectivity index (χ3v) is 4.92. The van der Waals surface area contributed by atoms with E-state index in [9.17, 15) is 21.6 Å². The lowest BCUT2D eigenvalue weighted by molar-refractivity contribution is -0.141. The molecule has 0 atom stereocenters. The van der Waals surface area contributed by atoms with Crippen molar-refractivity contribution in [1.29, 1.82) is 0 Å². The number of aryl methyl sites for hydroxylation is 1. The Bertz CT molecular complexity index is 1030. The number of halogens is 3. The van der Waals surface area contributed by atoms with Gasteiger partial charge in [-0.25, -0.2) is 8.42 Å². The van der Waals surface area contributed by atoms with E-state index in [1.54, 1.807) is 24.4 Å². The molecule has 1 N–H and O–H groups in total. The zero-order valence-corrected chi connectivity index (χ0v) is 13.7. The maximum atomic E-state index is 12.5. The van der Waals surface area contributed by atoms with Gasteiger partial charge in [0.15, 0.2) is 0 Å². The van der Waals surface area contributed by atoms with Crippen LogP contribution in [0, 0.1) is 6.92 Å². The molecule has 0 aliphatic carbocycles. The number of rotatable bonds is 3. The zero-order valence-electron chi connectivity index (χ0n) is 12.9. The van der Waals surface area contributed by atoms with E-state index in [0.717, 1.165) is 17.0 Å². The number of hydrogen-bond donors (Lipinski definition) is 1. The Morgan fingerprint density at radius 1 is 1.04 bits per heavy atom. The van der Waals surface area contributed by atoms with Crippen molar-refractivity contribution in [2.75, 3.05) is 4.72 Å². The van der Waals surface area contributed by atoms with Crippen molar-refractivity contribution in [3.63, 3.8) is 0 Å². The fourth-order valence-electron chi connectivity index (χ4n) is 2.31. The Balaban J connectivity index is 1.99. The highest BCUT2D eigenvalue weighted by Gasteiger charge is 2.32. The minimum Gasteiger partial charge on any atom is -0.277 e. The van der Waals surface area contributed by atoms with Crippen LogP contribution in [0.15, 0.2) is 53.7 Å². The Labute approximate surface area is 141 Å². The van der Waals surface area contributed by atoms with Crippen LogP contribution in [0.1, 0.15) is 11.3 Å². The highest BCUT2D eigenvalue weighted by molar-refractivity contribution is 7.92. The molecule has 0 radical (unpaired) electrons. The first-order valence-electron chi connectivity index (χ1n) is 7.09. The summed E-state index contributed by atoms with van der Waals surface area (Å²) in [6, 6.07) is 8.28. The van der Waals surface area contributed by atoms with Crippen LogP contribution in [-0.4, -0.2) is 18.4 Å². The molecule has 2 aromatic heterocycles. The molecule has 0 bridgehead atoms. The van der Waals surface area contributed by atoms with E-state index in [1.165, 1.54) is 6.07 Å². The second-order valence-corrected chi connectivity index (χ2v) is 6.99. The van der Waals surface area contributed by atoms with Gasteiger partial charge in [-0.05, 0) is 36.8 Å². The molecule has 0 saturated heterocycles. The van der Waals surface area contributed by atoms with Crippen molar-refractivity contribution in [1.82, 2.24) is 9.97 Å². The van der Waals surface area contributed by atoms with Crippen LogP contribution in [0.2, 0.25) is 0 Å². The van der Waals surface area contributed by atoms with E-state index in [2.05, 4.69) is 14.7 Å². The van der Waals surface area contributed by atoms with Crippen molar-refractivity contribution >= 4 is 26.6 Å². The number of alkyl halides is 3. The number of benzene rings is 1. The first-order valence-corrected chi connectivity index (χ1v) is 8.57. The van der Waals surface area contributed by atoms with Gasteiger partial charge in [0.25, 0.3) is 10.0 Å². The van der Waals surface area contributed by atoms with E-state index in [-0.39, 0.29) is 10.6 Å². The SMILES string of the molecule is Cc1ccnc2c(NS(=O)(=O)c3ccc(C(F)(F)F)nc3)cccc12. The molecule has 130 valence electrons. The van der Waals surface area contributed by atoms with Crippen molar-refractivity contribution in [2.24, 2.45) is 0 Å². The van der Waals surface area contributed by atoms with Crippen LogP contribution in [0.5, 0.6) is 0 Å². The van der Waals surface area contributed by atoms with Crippen LogP contribution < -0.4 is 4.72 Å². The number of sulfonamides is 1. The standard InChI is InChI=1S/C16H12F3N3O2S/c1-10-7-8-20-15-12(10)3-2-4-13(15)22-25(23,24)11-5-6-14(21-9-11)16(17,18)19/h2-9,22H,1H3. The molecule has 0 amide bonds. The quantitative estimate of drug-likeness (QED) is 0.765. The summed E-state index contributed by atoms with van der Waals surface area (Å²) in [6.07, 6.45) is -2.41. The summed E-state index contributed by atoms with van der Waals surface area (Å²) in [7, 11) is -4.10. The summed E-state index contributed by atoms with van der Waals surface area (Å²) in [4.78, 5) is 6.98. The number of nitrogens with one attached hydrogen (secondary N) is 1. The van der Waals surface area contributed by atoms with Crippen molar-refractivity contribution < 1.29 is 21.6 Å². The molecule has 3 aromatic rings. The number of anilines is 1. The normalized spacial score (nSPS) is 12.3. The zero-order chi connectivity index (χ0) is 18.2. The average Bonchev–Trinajstić information content (AvgIpc) is 2.55. The molecule has 3 rings (SSSR count). The molecule has 0 fully saturated rings. The number of hydrogen-bond acceptors (Lipinski definition) is 4. The highest BCUT2D eigenvalue weighted by Crippen LogP contribution is 2.29. The van der Waals surface area contributed by atoms with Crippen molar-refractivity contribution in [2.45, 2.75) is 18.0 Å². The molecule has 0 spiro atoms. The topological polar surface area (TPSA) is 72.0 Å². The minimum atomic E-state index is -4.63. The predicted octanol–water partition coefficient (Wildman–Crippen LogP) is 3.76. The van der Waals surface area contributed by atoms with Gasteiger partial charge in [0.05, 0.1) is 11.2 Å². The van der Waals surface area contributed by atoms with Gasteiger partial charge in [-0.1, -0.05) is 12.1 Å². The average molecular weight is 367 g/mol. The van der Waals surface area contributed by atoms with Gasteiger partial charge in [-0.15, -0.1) is 0 Å². The molecule has 2 heterocycles. The molecular weight excluding hydrogens is 355 g/mol. The minimum absolute atomic E-state index is 0.237. The van der Waals surface area contributed by atoms with Gasteiger partial charge in [0.1, 0.15) is 10.6 Å². The monoisotopic (exact) mass is 367 g/mol. The van der Waals surface area contributed by atoms with E-state index >= 15 is 0 Å². The Kier molecular flexibility index (Phi) is 4.11. The third kappa shape index (κ3) is 3.41. The van der Waals surface area contributed by atoms with Gasteiger partial charge >= 0.3 is 6.18 Å². The van der Waals surface area contributed by atoms with Gasteiger partial charge in [0.2, 0.25) is 0 Å². The van der Waals surface area contributed by atoms with E-state index in [4.69, 9.17) is 0 Å². The summed E-state index contributed by atoms with van der Waals surface area (Å²) in [6.45, 7) is 1.86. The smallest absolute Gasteiger partial charge is 0.277 e. The molecule has 1 aromatic carbocycles. The number of para-hydroxylation sites is 1. The molecule has 0 aliphatic heterocycles. The van der Waals surface area contributed by atoms with Crippen LogP contribution in [0.25, 0.3) is 10.9 Å². The van der Waals surface area contributed by atoms with Crippen LogP contribution >= 0.6 is 0 Å². The van der Waals surface area contributed by atoms with Gasteiger partial charge < -0.3 is 0 Å². The molecular formula is C16H12F3N3O2S. The fraction of sp³-hybridized carbons (Fsp3) is 0.125. The molecule has 0 unspecified atom stereocenters. The van der Waals surface area contributed by atoms with Crippen molar-refractivity contribution in [3.05, 3.63) is 60.0 Å². The molecule has 0 saturated carbocycles. The Morgan fingerprint density at radius 3 is 2.44 bits per heavy atom.